The van der Waals surface area contributed by atoms with Gasteiger partial charge in [0.05, 0.1) is 0 Å². The van der Waals surface area contributed by atoms with E-state index in [2.05, 4.69) is 50.8 Å². The highest BCUT2D eigenvalue weighted by Crippen LogP contribution is 2.33. The first-order valence-corrected chi connectivity index (χ1v) is 6.47. The number of rotatable bonds is 0. The highest BCUT2D eigenvalue weighted by atomic mass is 127. The highest BCUT2D eigenvalue weighted by Gasteiger charge is 2.35. The Kier molecular flexibility index (Phi) is 2.35. The highest BCUT2D eigenvalue weighted by molar-refractivity contribution is 14.1. The van der Waals surface area contributed by atoms with Gasteiger partial charge in [-0.3, -0.25) is 0 Å². The molecule has 0 aliphatic carbocycles. The molecule has 2 unspecified atom stereocenters. The zero-order valence-corrected chi connectivity index (χ0v) is 10.9. The number of halogens is 1. The van der Waals surface area contributed by atoms with Crippen LogP contribution in [0.3, 0.4) is 0 Å². The van der Waals surface area contributed by atoms with Gasteiger partial charge in [-0.25, -0.2) is 4.98 Å². The van der Waals surface area contributed by atoms with Crippen LogP contribution in [0.25, 0.3) is 0 Å². The lowest BCUT2D eigenvalue weighted by Crippen LogP contribution is -2.55. The Labute approximate surface area is 103 Å². The largest absolute Gasteiger partial charge is 0.348 e. The van der Waals surface area contributed by atoms with E-state index in [1.807, 2.05) is 6.20 Å². The Morgan fingerprint density at radius 3 is 3.27 bits per heavy atom. The summed E-state index contributed by atoms with van der Waals surface area (Å²) in [7, 11) is 0. The molecule has 2 aliphatic rings. The first kappa shape index (κ1) is 9.84. The van der Waals surface area contributed by atoms with Crippen LogP contribution in [0.5, 0.6) is 0 Å². The van der Waals surface area contributed by atoms with Gasteiger partial charge in [0.25, 0.3) is 0 Å². The van der Waals surface area contributed by atoms with Gasteiger partial charge in [-0.1, -0.05) is 0 Å². The smallest absolute Gasteiger partial charge is 0.132 e. The van der Waals surface area contributed by atoms with E-state index in [9.17, 15) is 0 Å². The summed E-state index contributed by atoms with van der Waals surface area (Å²) in [5.41, 5.74) is 1.42. The van der Waals surface area contributed by atoms with Gasteiger partial charge in [-0.2, -0.15) is 0 Å². The van der Waals surface area contributed by atoms with Crippen molar-refractivity contribution in [3.8, 4) is 0 Å². The number of anilines is 1. The molecule has 3 nitrogen and oxygen atoms in total. The molecule has 1 aromatic rings. The summed E-state index contributed by atoms with van der Waals surface area (Å²) in [6.45, 7) is 4.44. The van der Waals surface area contributed by atoms with Crippen LogP contribution in [0, 0.1) is 3.57 Å². The molecule has 0 aromatic carbocycles. The molecule has 1 saturated heterocycles. The minimum atomic E-state index is 0.567. The van der Waals surface area contributed by atoms with Gasteiger partial charge in [-0.15, -0.1) is 0 Å². The molecule has 1 N–H and O–H groups in total. The standard InChI is InChI=1S/C11H14IN3/c1-7-4-13-6-10-3-8-2-9(12)5-14-11(8)15(7)10/h2,5,7,10,13H,3-4,6H2,1H3. The average molecular weight is 315 g/mol. The van der Waals surface area contributed by atoms with E-state index in [1.54, 1.807) is 0 Å². The van der Waals surface area contributed by atoms with E-state index in [4.69, 9.17) is 0 Å². The summed E-state index contributed by atoms with van der Waals surface area (Å²) in [6, 6.07) is 3.46. The van der Waals surface area contributed by atoms with Crippen molar-refractivity contribution < 1.29 is 0 Å². The van der Waals surface area contributed by atoms with Crippen molar-refractivity contribution in [1.82, 2.24) is 10.3 Å². The van der Waals surface area contributed by atoms with Crippen molar-refractivity contribution >= 4 is 28.4 Å². The van der Waals surface area contributed by atoms with E-state index in [-0.39, 0.29) is 0 Å². The molecule has 0 saturated carbocycles. The fourth-order valence-corrected chi connectivity index (χ4v) is 3.19. The van der Waals surface area contributed by atoms with E-state index >= 15 is 0 Å². The Morgan fingerprint density at radius 1 is 1.53 bits per heavy atom. The minimum Gasteiger partial charge on any atom is -0.348 e. The molecule has 0 spiro atoms. The van der Waals surface area contributed by atoms with Crippen LogP contribution in [0.2, 0.25) is 0 Å². The van der Waals surface area contributed by atoms with Crippen molar-refractivity contribution in [2.45, 2.75) is 25.4 Å². The normalized spacial score (nSPS) is 28.8. The van der Waals surface area contributed by atoms with E-state index < -0.39 is 0 Å². The maximum absolute atomic E-state index is 4.58. The van der Waals surface area contributed by atoms with E-state index in [0.717, 1.165) is 19.5 Å². The second kappa shape index (κ2) is 3.59. The third-order valence-electron chi connectivity index (χ3n) is 3.30. The van der Waals surface area contributed by atoms with Crippen LogP contribution in [0.1, 0.15) is 12.5 Å². The number of pyridine rings is 1. The quantitative estimate of drug-likeness (QED) is 0.734. The monoisotopic (exact) mass is 315 g/mol. The summed E-state index contributed by atoms with van der Waals surface area (Å²) >= 11 is 2.34. The number of piperazine rings is 1. The molecule has 2 aliphatic heterocycles. The fraction of sp³-hybridized carbons (Fsp3) is 0.545. The summed E-state index contributed by atoms with van der Waals surface area (Å²) < 4.78 is 1.24. The zero-order valence-electron chi connectivity index (χ0n) is 8.70. The lowest BCUT2D eigenvalue weighted by atomic mass is 10.1. The molecule has 4 heteroatoms. The Bertz CT molecular complexity index is 393. The molecule has 0 bridgehead atoms. The lowest BCUT2D eigenvalue weighted by molar-refractivity contribution is 0.428. The third kappa shape index (κ3) is 1.54. The molecule has 15 heavy (non-hydrogen) atoms. The van der Waals surface area contributed by atoms with Crippen LogP contribution < -0.4 is 10.2 Å². The van der Waals surface area contributed by atoms with Crippen molar-refractivity contribution in [2.24, 2.45) is 0 Å². The van der Waals surface area contributed by atoms with E-state index in [1.165, 1.54) is 15.0 Å². The Morgan fingerprint density at radius 2 is 2.40 bits per heavy atom. The Hall–Kier alpha value is -0.360. The zero-order chi connectivity index (χ0) is 10.4. The number of fused-ring (bicyclic) bond motifs is 3. The SMILES string of the molecule is CC1CNCC2Cc3cc(I)cnc3N12. The molecule has 0 radical (unpaired) electrons. The number of aromatic nitrogens is 1. The predicted octanol–water partition coefficient (Wildman–Crippen LogP) is 1.41. The number of hydrogen-bond donors (Lipinski definition) is 1. The summed E-state index contributed by atoms with van der Waals surface area (Å²) in [5.74, 6) is 1.22. The van der Waals surface area contributed by atoms with Gasteiger partial charge in [0.2, 0.25) is 0 Å². The third-order valence-corrected chi connectivity index (χ3v) is 3.89. The lowest BCUT2D eigenvalue weighted by Gasteiger charge is -2.37. The molecule has 80 valence electrons. The average Bonchev–Trinajstić information content (AvgIpc) is 2.56. The maximum atomic E-state index is 4.58. The fourth-order valence-electron chi connectivity index (χ4n) is 2.68. The van der Waals surface area contributed by atoms with Crippen LogP contribution >= 0.6 is 22.6 Å². The summed E-state index contributed by atoms with van der Waals surface area (Å²) in [5, 5.41) is 3.48. The first-order chi connectivity index (χ1) is 7.25. The van der Waals surface area contributed by atoms with Gasteiger partial charge in [0, 0.05) is 34.9 Å². The Balaban J connectivity index is 2.03. The van der Waals surface area contributed by atoms with Gasteiger partial charge in [-0.05, 0) is 47.6 Å². The van der Waals surface area contributed by atoms with Crippen LogP contribution in [0.4, 0.5) is 5.82 Å². The molecule has 3 rings (SSSR count). The minimum absolute atomic E-state index is 0.567. The topological polar surface area (TPSA) is 28.2 Å². The van der Waals surface area contributed by atoms with Crippen LogP contribution in [-0.4, -0.2) is 30.2 Å². The molecule has 0 amide bonds. The van der Waals surface area contributed by atoms with Crippen molar-refractivity contribution in [2.75, 3.05) is 18.0 Å². The van der Waals surface area contributed by atoms with Gasteiger partial charge in [0.15, 0.2) is 0 Å². The van der Waals surface area contributed by atoms with Crippen molar-refractivity contribution in [3.05, 3.63) is 21.4 Å². The number of nitrogens with zero attached hydrogens (tertiary/aromatic N) is 2. The van der Waals surface area contributed by atoms with Gasteiger partial charge in [0.1, 0.15) is 5.82 Å². The second-order valence-corrected chi connectivity index (χ2v) is 5.65. The maximum Gasteiger partial charge on any atom is 0.132 e. The summed E-state index contributed by atoms with van der Waals surface area (Å²) in [6.07, 6.45) is 3.12. The van der Waals surface area contributed by atoms with E-state index in [0.29, 0.717) is 12.1 Å². The molecule has 2 atom stereocenters. The first-order valence-electron chi connectivity index (χ1n) is 5.39. The molecule has 3 heterocycles. The van der Waals surface area contributed by atoms with Crippen molar-refractivity contribution in [3.63, 3.8) is 0 Å². The molecule has 1 aromatic heterocycles. The van der Waals surface area contributed by atoms with Crippen LogP contribution in [-0.2, 0) is 6.42 Å². The second-order valence-electron chi connectivity index (χ2n) is 4.41. The number of nitrogens with one attached hydrogen (secondary N) is 1. The number of hydrogen-bond acceptors (Lipinski definition) is 3. The molecular weight excluding hydrogens is 301 g/mol. The van der Waals surface area contributed by atoms with Gasteiger partial charge < -0.3 is 10.2 Å². The summed E-state index contributed by atoms with van der Waals surface area (Å²) in [4.78, 5) is 7.07. The molecule has 1 fully saturated rings. The predicted molar refractivity (Wildman–Crippen MR) is 69.3 cm³/mol. The molecular formula is C11H14IN3. The van der Waals surface area contributed by atoms with Gasteiger partial charge >= 0.3 is 0 Å². The van der Waals surface area contributed by atoms with Crippen LogP contribution in [0.15, 0.2) is 12.3 Å². The van der Waals surface area contributed by atoms with Crippen molar-refractivity contribution in [1.29, 1.82) is 0 Å².